The van der Waals surface area contributed by atoms with E-state index in [0.717, 1.165) is 30.4 Å². The van der Waals surface area contributed by atoms with E-state index < -0.39 is 21.2 Å². The molecule has 3 rings (SSSR count). The van der Waals surface area contributed by atoms with Gasteiger partial charge in [0.25, 0.3) is 0 Å². The highest BCUT2D eigenvalue weighted by Crippen LogP contribution is 2.47. The first kappa shape index (κ1) is 16.0. The Morgan fingerprint density at radius 1 is 1.32 bits per heavy atom. The fourth-order valence-corrected chi connectivity index (χ4v) is 6.24. The van der Waals surface area contributed by atoms with Gasteiger partial charge in [-0.2, -0.15) is 0 Å². The van der Waals surface area contributed by atoms with Crippen LogP contribution in [0, 0.1) is 5.41 Å². The van der Waals surface area contributed by atoms with Crippen LogP contribution in [0.25, 0.3) is 0 Å². The Bertz CT molecular complexity index is 677. The summed E-state index contributed by atoms with van der Waals surface area (Å²) in [6.45, 7) is 6.41. The van der Waals surface area contributed by atoms with Crippen molar-refractivity contribution in [1.29, 1.82) is 0 Å². The first-order valence-electron chi connectivity index (χ1n) is 8.19. The number of aliphatic hydroxyl groups is 1. The van der Waals surface area contributed by atoms with E-state index in [1.807, 2.05) is 6.92 Å². The third-order valence-corrected chi connectivity index (χ3v) is 7.68. The molecule has 1 heterocycles. The lowest BCUT2D eigenvalue weighted by molar-refractivity contribution is 0.208. The largest absolute Gasteiger partial charge is 0.387 e. The van der Waals surface area contributed by atoms with Gasteiger partial charge in [-0.15, -0.1) is 0 Å². The third kappa shape index (κ3) is 2.61. The highest BCUT2D eigenvalue weighted by molar-refractivity contribution is 7.92. The fraction of sp³-hybridized carbons (Fsp3) is 0.667. The van der Waals surface area contributed by atoms with Crippen LogP contribution >= 0.6 is 0 Å². The second kappa shape index (κ2) is 5.34. The molecule has 4 heteroatoms. The van der Waals surface area contributed by atoms with E-state index in [1.165, 1.54) is 24.0 Å². The highest BCUT2D eigenvalue weighted by Gasteiger charge is 2.40. The minimum atomic E-state index is -3.24. The molecule has 2 unspecified atom stereocenters. The van der Waals surface area contributed by atoms with Gasteiger partial charge in [0.1, 0.15) is 5.25 Å². The highest BCUT2D eigenvalue weighted by atomic mass is 32.2. The van der Waals surface area contributed by atoms with Gasteiger partial charge in [-0.05, 0) is 50.0 Å². The van der Waals surface area contributed by atoms with Crippen molar-refractivity contribution in [3.8, 4) is 0 Å². The minimum Gasteiger partial charge on any atom is -0.387 e. The zero-order valence-electron chi connectivity index (χ0n) is 13.7. The topological polar surface area (TPSA) is 54.4 Å². The molecule has 22 heavy (non-hydrogen) atoms. The van der Waals surface area contributed by atoms with E-state index in [0.29, 0.717) is 0 Å². The molecule has 3 nitrogen and oxygen atoms in total. The second-order valence-electron chi connectivity index (χ2n) is 7.62. The fourth-order valence-electron chi connectivity index (χ4n) is 4.31. The molecule has 122 valence electrons. The molecule has 0 radical (unpaired) electrons. The summed E-state index contributed by atoms with van der Waals surface area (Å²) in [7, 11) is -3.24. The lowest BCUT2D eigenvalue weighted by Gasteiger charge is -2.38. The monoisotopic (exact) mass is 322 g/mol. The number of rotatable bonds is 2. The maximum Gasteiger partial charge on any atom is 0.163 e. The molecule has 0 bridgehead atoms. The Morgan fingerprint density at radius 2 is 2.05 bits per heavy atom. The van der Waals surface area contributed by atoms with Gasteiger partial charge in [0, 0.05) is 0 Å². The van der Waals surface area contributed by atoms with Gasteiger partial charge < -0.3 is 5.11 Å². The van der Waals surface area contributed by atoms with E-state index in [9.17, 15) is 13.5 Å². The smallest absolute Gasteiger partial charge is 0.163 e. The van der Waals surface area contributed by atoms with Crippen molar-refractivity contribution < 1.29 is 13.5 Å². The zero-order valence-corrected chi connectivity index (χ0v) is 14.5. The Kier molecular flexibility index (Phi) is 3.89. The number of allylic oxidation sites excluding steroid dienone is 3. The molecule has 0 aromatic carbocycles. The van der Waals surface area contributed by atoms with Crippen molar-refractivity contribution in [1.82, 2.24) is 0 Å². The summed E-state index contributed by atoms with van der Waals surface area (Å²) >= 11 is 0. The summed E-state index contributed by atoms with van der Waals surface area (Å²) in [5, 5.41) is 9.95. The van der Waals surface area contributed by atoms with E-state index in [2.05, 4.69) is 19.9 Å². The molecular formula is C18H26O3S. The van der Waals surface area contributed by atoms with Crippen LogP contribution in [0.1, 0.15) is 52.9 Å². The van der Waals surface area contributed by atoms with Crippen molar-refractivity contribution in [3.63, 3.8) is 0 Å². The first-order chi connectivity index (χ1) is 10.2. The van der Waals surface area contributed by atoms with Crippen LogP contribution in [0.3, 0.4) is 0 Å². The van der Waals surface area contributed by atoms with Crippen LogP contribution in [0.15, 0.2) is 34.4 Å². The molecule has 2 atom stereocenters. The van der Waals surface area contributed by atoms with Crippen LogP contribution in [-0.2, 0) is 9.84 Å². The minimum absolute atomic E-state index is 0.0643. The molecule has 3 aliphatic rings. The average Bonchev–Trinajstić information content (AvgIpc) is 2.71. The lowest BCUT2D eigenvalue weighted by Crippen LogP contribution is -2.35. The normalized spacial score (nSPS) is 31.4. The van der Waals surface area contributed by atoms with Gasteiger partial charge in [0.2, 0.25) is 0 Å². The molecule has 1 N–H and O–H groups in total. The van der Waals surface area contributed by atoms with E-state index in [4.69, 9.17) is 0 Å². The summed E-state index contributed by atoms with van der Waals surface area (Å²) in [5.74, 6) is 0.0643. The summed E-state index contributed by atoms with van der Waals surface area (Å²) in [5.41, 5.74) is 4.88. The van der Waals surface area contributed by atoms with Crippen LogP contribution in [0.5, 0.6) is 0 Å². The standard InChI is InChI=1S/C18H26O3S/c1-12-8-10-22(20,21)17(12)16(19)14-6-7-15-13(11-14)5-4-9-18(15,2)3/h6,8,16-17,19H,4-5,7,9-11H2,1-3H3. The Balaban J connectivity index is 1.84. The van der Waals surface area contributed by atoms with Crippen molar-refractivity contribution >= 4 is 9.84 Å². The van der Waals surface area contributed by atoms with Gasteiger partial charge in [0.05, 0.1) is 11.9 Å². The summed E-state index contributed by atoms with van der Waals surface area (Å²) in [4.78, 5) is 0. The summed E-state index contributed by atoms with van der Waals surface area (Å²) in [6, 6.07) is 0. The van der Waals surface area contributed by atoms with Crippen LogP contribution in [-0.4, -0.2) is 30.6 Å². The molecule has 0 saturated carbocycles. The van der Waals surface area contributed by atoms with E-state index >= 15 is 0 Å². The molecule has 0 aromatic heterocycles. The van der Waals surface area contributed by atoms with Crippen molar-refractivity contribution in [2.24, 2.45) is 5.41 Å². The molecule has 0 saturated heterocycles. The van der Waals surface area contributed by atoms with Crippen molar-refractivity contribution in [2.75, 3.05) is 5.75 Å². The molecular weight excluding hydrogens is 296 g/mol. The van der Waals surface area contributed by atoms with Gasteiger partial charge in [-0.25, -0.2) is 8.42 Å². The Morgan fingerprint density at radius 3 is 2.68 bits per heavy atom. The van der Waals surface area contributed by atoms with Crippen molar-refractivity contribution in [2.45, 2.75) is 64.2 Å². The SMILES string of the molecule is CC1=CCS(=O)(=O)C1C(O)C1=CCC2=C(CCCC2(C)C)C1. The number of hydrogen-bond donors (Lipinski definition) is 1. The Labute approximate surface area is 133 Å². The number of sulfone groups is 1. The maximum atomic E-state index is 12.2. The summed E-state index contributed by atoms with van der Waals surface area (Å²) < 4.78 is 24.4. The Hall–Kier alpha value is -0.870. The average molecular weight is 322 g/mol. The molecule has 0 fully saturated rings. The molecule has 0 amide bonds. The van der Waals surface area contributed by atoms with Crippen LogP contribution in [0.4, 0.5) is 0 Å². The first-order valence-corrected chi connectivity index (χ1v) is 9.90. The van der Waals surface area contributed by atoms with Crippen molar-refractivity contribution in [3.05, 3.63) is 34.4 Å². The van der Waals surface area contributed by atoms with Gasteiger partial charge >= 0.3 is 0 Å². The predicted octanol–water partition coefficient (Wildman–Crippen LogP) is 3.32. The molecule has 1 aliphatic heterocycles. The molecule has 2 aliphatic carbocycles. The zero-order chi connectivity index (χ0) is 16.1. The number of aliphatic hydroxyl groups excluding tert-OH is 1. The van der Waals surface area contributed by atoms with E-state index in [-0.39, 0.29) is 11.2 Å². The summed E-state index contributed by atoms with van der Waals surface area (Å²) in [6.07, 6.45) is 8.05. The van der Waals surface area contributed by atoms with E-state index in [1.54, 1.807) is 6.08 Å². The number of hydrogen-bond acceptors (Lipinski definition) is 3. The predicted molar refractivity (Wildman–Crippen MR) is 89.3 cm³/mol. The van der Waals surface area contributed by atoms with Crippen LogP contribution < -0.4 is 0 Å². The van der Waals surface area contributed by atoms with Crippen LogP contribution in [0.2, 0.25) is 0 Å². The second-order valence-corrected chi connectivity index (χ2v) is 9.79. The van der Waals surface area contributed by atoms with Gasteiger partial charge in [-0.1, -0.05) is 42.7 Å². The maximum absolute atomic E-state index is 12.2. The quantitative estimate of drug-likeness (QED) is 0.794. The van der Waals surface area contributed by atoms with Gasteiger partial charge in [-0.3, -0.25) is 0 Å². The molecule has 0 aromatic rings. The van der Waals surface area contributed by atoms with Gasteiger partial charge in [0.15, 0.2) is 9.84 Å². The molecule has 0 spiro atoms. The lowest BCUT2D eigenvalue weighted by atomic mass is 9.68. The third-order valence-electron chi connectivity index (χ3n) is 5.65.